The Morgan fingerprint density at radius 1 is 1.25 bits per heavy atom. The van der Waals surface area contributed by atoms with Crippen molar-refractivity contribution in [3.63, 3.8) is 0 Å². The molecule has 0 spiro atoms. The lowest BCUT2D eigenvalue weighted by Crippen LogP contribution is -2.11. The van der Waals surface area contributed by atoms with Crippen LogP contribution in [0.2, 0.25) is 5.02 Å². The topological polar surface area (TPSA) is 48.2 Å². The Morgan fingerprint density at radius 3 is 2.65 bits per heavy atom. The number of fused-ring (bicyclic) bond motifs is 1. The van der Waals surface area contributed by atoms with Crippen molar-refractivity contribution in [3.8, 4) is 0 Å². The van der Waals surface area contributed by atoms with Gasteiger partial charge in [-0.2, -0.15) is 0 Å². The van der Waals surface area contributed by atoms with E-state index >= 15 is 0 Å². The lowest BCUT2D eigenvalue weighted by atomic mass is 10.00. The zero-order valence-electron chi connectivity index (χ0n) is 11.2. The van der Waals surface area contributed by atoms with Crippen molar-refractivity contribution in [1.29, 1.82) is 5.41 Å². The van der Waals surface area contributed by atoms with Gasteiger partial charge in [-0.15, -0.1) is 11.3 Å². The number of amidine groups is 1. The number of thiophene rings is 1. The van der Waals surface area contributed by atoms with Crippen molar-refractivity contribution in [2.75, 3.05) is 11.9 Å². The molecule has 1 aromatic heterocycles. The van der Waals surface area contributed by atoms with Crippen LogP contribution < -0.4 is 5.32 Å². The summed E-state index contributed by atoms with van der Waals surface area (Å²) in [6.45, 7) is 4.57. The second-order valence-corrected chi connectivity index (χ2v) is 6.42. The van der Waals surface area contributed by atoms with Crippen LogP contribution in [-0.4, -0.2) is 18.1 Å². The van der Waals surface area contributed by atoms with Gasteiger partial charge in [-0.05, 0) is 31.5 Å². The molecule has 0 aliphatic carbocycles. The molecule has 20 heavy (non-hydrogen) atoms. The predicted octanol–water partition coefficient (Wildman–Crippen LogP) is 4.26. The molecule has 2 N–H and O–H groups in total. The molecule has 1 aliphatic rings. The number of nitrogens with one attached hydrogen (secondary N) is 2. The molecule has 0 saturated carbocycles. The zero-order chi connectivity index (χ0) is 14.3. The van der Waals surface area contributed by atoms with Crippen molar-refractivity contribution in [2.45, 2.75) is 13.8 Å². The van der Waals surface area contributed by atoms with Gasteiger partial charge in [0.25, 0.3) is 0 Å². The van der Waals surface area contributed by atoms with Gasteiger partial charge in [-0.3, -0.25) is 10.4 Å². The highest BCUT2D eigenvalue weighted by Gasteiger charge is 2.22. The first-order chi connectivity index (χ1) is 9.56. The Morgan fingerprint density at radius 2 is 1.95 bits per heavy atom. The molecule has 102 valence electrons. The van der Waals surface area contributed by atoms with Gasteiger partial charge in [0.05, 0.1) is 12.3 Å². The summed E-state index contributed by atoms with van der Waals surface area (Å²) in [5.41, 5.74) is 4.30. The number of halogens is 1. The highest BCUT2D eigenvalue weighted by Crippen LogP contribution is 2.35. The SMILES string of the molecule is Cc1sc2c(c1C)C(c1ccc(Cl)cc1)=NCC(=N)N2. The second kappa shape index (κ2) is 5.04. The first-order valence-electron chi connectivity index (χ1n) is 6.31. The van der Waals surface area contributed by atoms with Gasteiger partial charge in [-0.25, -0.2) is 0 Å². The molecule has 0 atom stereocenters. The molecule has 0 saturated heterocycles. The van der Waals surface area contributed by atoms with E-state index in [4.69, 9.17) is 17.0 Å². The fourth-order valence-corrected chi connectivity index (χ4v) is 3.47. The van der Waals surface area contributed by atoms with Gasteiger partial charge >= 0.3 is 0 Å². The summed E-state index contributed by atoms with van der Waals surface area (Å²) in [7, 11) is 0. The molecule has 0 amide bonds. The summed E-state index contributed by atoms with van der Waals surface area (Å²) < 4.78 is 0. The van der Waals surface area contributed by atoms with Gasteiger partial charge in [0.1, 0.15) is 10.8 Å². The number of aliphatic imine (C=N–C) groups is 1. The Hall–Kier alpha value is -1.65. The van der Waals surface area contributed by atoms with Crippen molar-refractivity contribution in [1.82, 2.24) is 0 Å². The van der Waals surface area contributed by atoms with E-state index in [1.165, 1.54) is 10.4 Å². The second-order valence-electron chi connectivity index (χ2n) is 4.76. The van der Waals surface area contributed by atoms with Crippen LogP contribution in [0.4, 0.5) is 5.00 Å². The first-order valence-corrected chi connectivity index (χ1v) is 7.51. The lowest BCUT2D eigenvalue weighted by Gasteiger charge is -2.07. The molecule has 1 aliphatic heterocycles. The van der Waals surface area contributed by atoms with E-state index in [0.29, 0.717) is 17.4 Å². The minimum absolute atomic E-state index is 0.373. The fraction of sp³-hybridized carbons (Fsp3) is 0.200. The third-order valence-electron chi connectivity index (χ3n) is 3.40. The van der Waals surface area contributed by atoms with Crippen LogP contribution >= 0.6 is 22.9 Å². The molecular formula is C15H14ClN3S. The molecule has 3 rings (SSSR count). The molecule has 0 bridgehead atoms. The summed E-state index contributed by atoms with van der Waals surface area (Å²) in [6.07, 6.45) is 0. The summed E-state index contributed by atoms with van der Waals surface area (Å²) in [4.78, 5) is 5.86. The minimum atomic E-state index is 0.373. The first kappa shape index (κ1) is 13.3. The van der Waals surface area contributed by atoms with Crippen LogP contribution in [0.3, 0.4) is 0 Å². The average Bonchev–Trinajstić information content (AvgIpc) is 2.59. The molecule has 0 radical (unpaired) electrons. The number of benzene rings is 1. The van der Waals surface area contributed by atoms with Gasteiger partial charge < -0.3 is 5.32 Å². The van der Waals surface area contributed by atoms with E-state index in [9.17, 15) is 0 Å². The maximum Gasteiger partial charge on any atom is 0.120 e. The van der Waals surface area contributed by atoms with Gasteiger partial charge in [0, 0.05) is 21.0 Å². The number of anilines is 1. The molecule has 2 heterocycles. The van der Waals surface area contributed by atoms with E-state index in [2.05, 4.69) is 24.2 Å². The molecule has 1 aromatic carbocycles. The van der Waals surface area contributed by atoms with Crippen LogP contribution in [0, 0.1) is 19.3 Å². The smallest absolute Gasteiger partial charge is 0.120 e. The van der Waals surface area contributed by atoms with Crippen molar-refractivity contribution < 1.29 is 0 Å². The van der Waals surface area contributed by atoms with Gasteiger partial charge in [-0.1, -0.05) is 23.7 Å². The van der Waals surface area contributed by atoms with Crippen molar-refractivity contribution in [3.05, 3.63) is 50.9 Å². The van der Waals surface area contributed by atoms with E-state index in [1.807, 2.05) is 24.3 Å². The Kier molecular flexibility index (Phi) is 3.36. The third-order valence-corrected chi connectivity index (χ3v) is 4.77. The molecule has 2 aromatic rings. The average molecular weight is 304 g/mol. The van der Waals surface area contributed by atoms with Crippen LogP contribution in [0.5, 0.6) is 0 Å². The van der Waals surface area contributed by atoms with E-state index in [0.717, 1.165) is 21.8 Å². The standard InChI is InChI=1S/C15H14ClN3S/c1-8-9(2)20-15-13(8)14(18-7-12(17)19-15)10-3-5-11(16)6-4-10/h3-6H,7H2,1-2H3,(H2,17,19). The highest BCUT2D eigenvalue weighted by atomic mass is 35.5. The van der Waals surface area contributed by atoms with Crippen molar-refractivity contribution in [2.24, 2.45) is 4.99 Å². The number of rotatable bonds is 1. The quantitative estimate of drug-likeness (QED) is 0.812. The van der Waals surface area contributed by atoms with E-state index in [-0.39, 0.29) is 0 Å². The number of aryl methyl sites for hydroxylation is 1. The van der Waals surface area contributed by atoms with E-state index < -0.39 is 0 Å². The Labute approximate surface area is 126 Å². The largest absolute Gasteiger partial charge is 0.334 e. The van der Waals surface area contributed by atoms with Crippen LogP contribution in [0.15, 0.2) is 29.3 Å². The third kappa shape index (κ3) is 2.25. The molecular weight excluding hydrogens is 290 g/mol. The summed E-state index contributed by atoms with van der Waals surface area (Å²) in [5.74, 6) is 0.427. The van der Waals surface area contributed by atoms with Crippen LogP contribution in [-0.2, 0) is 0 Å². The monoisotopic (exact) mass is 303 g/mol. The van der Waals surface area contributed by atoms with Crippen LogP contribution in [0.1, 0.15) is 21.6 Å². The molecule has 5 heteroatoms. The Balaban J connectivity index is 2.20. The molecule has 3 nitrogen and oxygen atoms in total. The van der Waals surface area contributed by atoms with Gasteiger partial charge in [0.15, 0.2) is 0 Å². The lowest BCUT2D eigenvalue weighted by molar-refractivity contribution is 1.25. The summed E-state index contributed by atoms with van der Waals surface area (Å²) >= 11 is 7.63. The molecule has 0 fully saturated rings. The van der Waals surface area contributed by atoms with Crippen LogP contribution in [0.25, 0.3) is 0 Å². The normalized spacial score (nSPS) is 14.3. The highest BCUT2D eigenvalue weighted by molar-refractivity contribution is 7.17. The van der Waals surface area contributed by atoms with Gasteiger partial charge in [0.2, 0.25) is 0 Å². The summed E-state index contributed by atoms with van der Waals surface area (Å²) in [6, 6.07) is 7.70. The van der Waals surface area contributed by atoms with E-state index in [1.54, 1.807) is 11.3 Å². The predicted molar refractivity (Wildman–Crippen MR) is 87.1 cm³/mol. The maximum absolute atomic E-state index is 7.89. The maximum atomic E-state index is 7.89. The van der Waals surface area contributed by atoms with Crippen molar-refractivity contribution >= 4 is 39.5 Å². The zero-order valence-corrected chi connectivity index (χ0v) is 12.8. The summed E-state index contributed by atoms with van der Waals surface area (Å²) in [5, 5.41) is 12.8. The Bertz CT molecular complexity index is 713. The minimum Gasteiger partial charge on any atom is -0.334 e. The number of hydrogen-bond acceptors (Lipinski definition) is 3. The number of hydrogen-bond donors (Lipinski definition) is 2. The number of nitrogens with zero attached hydrogens (tertiary/aromatic N) is 1. The fourth-order valence-electron chi connectivity index (χ4n) is 2.26. The molecule has 0 unspecified atom stereocenters.